The number of anilines is 1. The highest BCUT2D eigenvalue weighted by atomic mass is 19.4. The molecule has 0 saturated carbocycles. The molecule has 1 fully saturated rings. The number of nitrogens with two attached hydrogens (primary N) is 1. The monoisotopic (exact) mass is 745 g/mol. The number of phenolic OH excluding ortho intramolecular Hbond substituents is 1. The topological polar surface area (TPSA) is 183 Å². The van der Waals surface area contributed by atoms with E-state index in [-0.39, 0.29) is 30.2 Å². The number of quaternary nitrogens is 1. The number of likely N-dealkylation sites (N-methyl/N-ethyl adjacent to an activating group) is 1. The highest BCUT2D eigenvalue weighted by molar-refractivity contribution is 5.96. The van der Waals surface area contributed by atoms with Crippen LogP contribution in [0.3, 0.4) is 0 Å². The minimum absolute atomic E-state index is 0.00826. The third-order valence-corrected chi connectivity index (χ3v) is 8.61. The lowest BCUT2D eigenvalue weighted by Gasteiger charge is -2.46. The van der Waals surface area contributed by atoms with Crippen LogP contribution in [0.1, 0.15) is 48.2 Å². The molecule has 1 heterocycles. The molecule has 0 aromatic heterocycles. The number of alkyl halides is 3. The Labute approximate surface area is 306 Å². The number of phenols is 1. The number of hydrogen-bond acceptors (Lipinski definition) is 8. The van der Waals surface area contributed by atoms with Gasteiger partial charge >= 0.3 is 12.2 Å². The number of methoxy groups -OCH3 is 2. The third-order valence-electron chi connectivity index (χ3n) is 8.61. The van der Waals surface area contributed by atoms with Gasteiger partial charge in [-0.25, -0.2) is 4.79 Å². The first kappa shape index (κ1) is 41.9. The first-order chi connectivity index (χ1) is 24.8. The fourth-order valence-electron chi connectivity index (χ4n) is 6.18. The van der Waals surface area contributed by atoms with Crippen LogP contribution < -0.4 is 30.9 Å². The quantitative estimate of drug-likeness (QED) is 0.203. The number of benzene rings is 3. The number of nitrogens with one attached hydrogen (secondary N) is 2. The largest absolute Gasteiger partial charge is 0.542 e. The molecule has 3 aromatic rings. The molecule has 4 rings (SSSR count). The average molecular weight is 746 g/mol. The summed E-state index contributed by atoms with van der Waals surface area (Å²) >= 11 is 0. The molecule has 0 bridgehead atoms. The van der Waals surface area contributed by atoms with Crippen LogP contribution in [0.15, 0.2) is 66.7 Å². The summed E-state index contributed by atoms with van der Waals surface area (Å²) in [6.45, 7) is 5.94. The van der Waals surface area contributed by atoms with E-state index in [0.29, 0.717) is 46.7 Å². The molecule has 1 aliphatic rings. The minimum atomic E-state index is -5.19. The van der Waals surface area contributed by atoms with Crippen molar-refractivity contribution in [3.05, 3.63) is 83.4 Å². The number of hydrogen-bond donors (Lipinski definition) is 4. The summed E-state index contributed by atoms with van der Waals surface area (Å²) in [7, 11) is 5.36. The number of aromatic hydroxyl groups is 1. The van der Waals surface area contributed by atoms with E-state index in [2.05, 4.69) is 17.7 Å². The molecule has 1 unspecified atom stereocenters. The zero-order valence-corrected chi connectivity index (χ0v) is 30.2. The molecule has 5 N–H and O–H groups in total. The van der Waals surface area contributed by atoms with Crippen molar-refractivity contribution in [3.8, 4) is 17.2 Å². The Hall–Kier alpha value is -5.51. The van der Waals surface area contributed by atoms with Crippen molar-refractivity contribution < 1.29 is 56.5 Å². The number of piperidine rings is 1. The molecule has 0 spiro atoms. The summed E-state index contributed by atoms with van der Waals surface area (Å²) in [5, 5.41) is 24.4. The number of nitrogens with zero attached hydrogens (tertiary/aromatic N) is 2. The number of urea groups is 1. The van der Waals surface area contributed by atoms with Crippen molar-refractivity contribution in [2.75, 3.05) is 39.7 Å². The molecule has 0 radical (unpaired) electrons. The number of amides is 4. The number of carbonyl (C=O) groups excluding carboxylic acids is 4. The van der Waals surface area contributed by atoms with Gasteiger partial charge in [0.15, 0.2) is 11.5 Å². The van der Waals surface area contributed by atoms with E-state index in [1.54, 1.807) is 67.7 Å². The van der Waals surface area contributed by atoms with Crippen LogP contribution in [0.25, 0.3) is 0 Å². The maximum absolute atomic E-state index is 14.1. The standard InChI is InChI=1S/C35H45N5O6.C2HF3O2/c1-23(2)37-34(43)26-11-13-27(14-12-26)38-35(44)39(30(33(36)42)19-24-8-15-29(41)16-9-24)28-7-6-18-40(3,22-28)21-25-10-17-31(45-4)32(20-25)46-5;3-2(4,5)1(6)7/h8-17,20,23,28,30H,6-7,18-19,21-22H2,1-5H3,(H4-,36,37,38,41,42,43,44);(H,6,7)/t28-,30+,40?;/m1./s1. The molecule has 13 nitrogen and oxygen atoms in total. The predicted molar refractivity (Wildman–Crippen MR) is 188 cm³/mol. The molecule has 288 valence electrons. The molecule has 53 heavy (non-hydrogen) atoms. The Bertz CT molecular complexity index is 1720. The van der Waals surface area contributed by atoms with Gasteiger partial charge in [0.1, 0.15) is 24.3 Å². The molecule has 3 aromatic carbocycles. The number of ether oxygens (including phenoxy) is 2. The second-order valence-electron chi connectivity index (χ2n) is 13.3. The van der Waals surface area contributed by atoms with Crippen LogP contribution in [0.2, 0.25) is 0 Å². The SMILES string of the molecule is COc1ccc(C[N+]2(C)CCC[C@@H](N(C(=O)Nc3ccc(C(=O)NC(C)C)cc3)[C@@H](Cc3ccc(O)cc3)C(N)=O)C2)cc1OC.O=C([O-])C(F)(F)F. The van der Waals surface area contributed by atoms with E-state index in [1.807, 2.05) is 32.0 Å². The molecule has 16 heteroatoms. The molecule has 1 aliphatic heterocycles. The van der Waals surface area contributed by atoms with Crippen molar-refractivity contribution in [1.29, 1.82) is 0 Å². The highest BCUT2D eigenvalue weighted by Crippen LogP contribution is 2.31. The Kier molecular flexibility index (Phi) is 14.5. The fourth-order valence-corrected chi connectivity index (χ4v) is 6.18. The lowest BCUT2D eigenvalue weighted by Crippen LogP contribution is -2.62. The molecular weight excluding hydrogens is 699 g/mol. The Morgan fingerprint density at radius 3 is 2.09 bits per heavy atom. The van der Waals surface area contributed by atoms with Crippen molar-refractivity contribution in [2.45, 2.75) is 64.0 Å². The lowest BCUT2D eigenvalue weighted by molar-refractivity contribution is -0.928. The fraction of sp³-hybridized carbons (Fsp3) is 0.405. The summed E-state index contributed by atoms with van der Waals surface area (Å²) in [6.07, 6.45) is -3.48. The third kappa shape index (κ3) is 12.3. The number of primary amides is 1. The predicted octanol–water partition coefficient (Wildman–Crippen LogP) is 3.59. The first-order valence-electron chi connectivity index (χ1n) is 16.8. The van der Waals surface area contributed by atoms with Gasteiger partial charge in [-0.15, -0.1) is 0 Å². The van der Waals surface area contributed by atoms with Crippen LogP contribution in [-0.2, 0) is 22.6 Å². The van der Waals surface area contributed by atoms with Crippen LogP contribution in [0, 0.1) is 0 Å². The average Bonchev–Trinajstić information content (AvgIpc) is 3.08. The Morgan fingerprint density at radius 2 is 1.57 bits per heavy atom. The number of carboxylic acids is 1. The number of rotatable bonds is 12. The number of halogens is 3. The van der Waals surface area contributed by atoms with E-state index in [4.69, 9.17) is 25.1 Å². The van der Waals surface area contributed by atoms with Crippen LogP contribution in [0.4, 0.5) is 23.7 Å². The smallest absolute Gasteiger partial charge is 0.430 e. The zero-order valence-electron chi connectivity index (χ0n) is 30.2. The highest BCUT2D eigenvalue weighted by Gasteiger charge is 2.41. The molecular formula is C37H46F3N5O8. The van der Waals surface area contributed by atoms with Gasteiger partial charge in [-0.2, -0.15) is 13.2 Å². The van der Waals surface area contributed by atoms with Gasteiger partial charge in [0.2, 0.25) is 5.91 Å². The lowest BCUT2D eigenvalue weighted by atomic mass is 9.96. The van der Waals surface area contributed by atoms with E-state index >= 15 is 0 Å². The van der Waals surface area contributed by atoms with Gasteiger partial charge in [-0.1, -0.05) is 12.1 Å². The summed E-state index contributed by atoms with van der Waals surface area (Å²) in [5.41, 5.74) is 8.80. The number of aliphatic carboxylic acids is 1. The molecule has 4 amide bonds. The summed E-state index contributed by atoms with van der Waals surface area (Å²) < 4.78 is 43.1. The Morgan fingerprint density at radius 1 is 0.981 bits per heavy atom. The van der Waals surface area contributed by atoms with Gasteiger partial charge < -0.3 is 50.2 Å². The Balaban J connectivity index is 0.000000980. The van der Waals surface area contributed by atoms with E-state index in [9.17, 15) is 32.7 Å². The molecule has 3 atom stereocenters. The van der Waals surface area contributed by atoms with Gasteiger partial charge in [0.25, 0.3) is 5.91 Å². The van der Waals surface area contributed by atoms with Crippen molar-refractivity contribution in [2.24, 2.45) is 5.73 Å². The maximum atomic E-state index is 14.1. The van der Waals surface area contributed by atoms with Crippen LogP contribution >= 0.6 is 0 Å². The summed E-state index contributed by atoms with van der Waals surface area (Å²) in [4.78, 5) is 50.0. The molecule has 0 aliphatic carbocycles. The van der Waals surface area contributed by atoms with Gasteiger partial charge in [0, 0.05) is 29.3 Å². The van der Waals surface area contributed by atoms with Crippen molar-refractivity contribution >= 4 is 29.5 Å². The van der Waals surface area contributed by atoms with Gasteiger partial charge in [-0.3, -0.25) is 9.59 Å². The van der Waals surface area contributed by atoms with E-state index in [0.717, 1.165) is 24.1 Å². The minimum Gasteiger partial charge on any atom is -0.542 e. The second kappa shape index (κ2) is 18.3. The number of carbonyl (C=O) groups is 4. The zero-order chi connectivity index (χ0) is 39.5. The number of carboxylic acid groups (broad SMARTS) is 1. The first-order valence-corrected chi connectivity index (χ1v) is 16.8. The van der Waals surface area contributed by atoms with Crippen molar-refractivity contribution in [3.63, 3.8) is 0 Å². The molecule has 1 saturated heterocycles. The maximum Gasteiger partial charge on any atom is 0.430 e. The van der Waals surface area contributed by atoms with Gasteiger partial charge in [-0.05, 0) is 86.8 Å². The van der Waals surface area contributed by atoms with E-state index in [1.165, 1.54) is 0 Å². The van der Waals surface area contributed by atoms with E-state index < -0.39 is 30.1 Å². The van der Waals surface area contributed by atoms with Crippen LogP contribution in [0.5, 0.6) is 17.2 Å². The second-order valence-corrected chi connectivity index (χ2v) is 13.3. The summed E-state index contributed by atoms with van der Waals surface area (Å²) in [6, 6.07) is 17.3. The van der Waals surface area contributed by atoms with Crippen molar-refractivity contribution in [1.82, 2.24) is 10.2 Å². The van der Waals surface area contributed by atoms with Gasteiger partial charge in [0.05, 0.1) is 40.4 Å². The summed E-state index contributed by atoms with van der Waals surface area (Å²) in [5.74, 6) is -2.42. The number of likely N-dealkylation sites (tertiary alicyclic amines) is 1. The normalized spacial score (nSPS) is 17.4. The van der Waals surface area contributed by atoms with Crippen LogP contribution in [-0.4, -0.2) is 97.0 Å².